The van der Waals surface area contributed by atoms with Gasteiger partial charge in [-0.25, -0.2) is 0 Å². The summed E-state index contributed by atoms with van der Waals surface area (Å²) in [4.78, 5) is 41.2. The van der Waals surface area contributed by atoms with Crippen LogP contribution in [-0.4, -0.2) is 51.3 Å². The molecule has 0 bridgehead atoms. The Hall–Kier alpha value is -4.39. The second-order valence-electron chi connectivity index (χ2n) is 10.5. The normalized spacial score (nSPS) is 19.5. The van der Waals surface area contributed by atoms with Crippen LogP contribution in [-0.2, 0) is 15.0 Å². The first-order valence-electron chi connectivity index (χ1n) is 13.3. The lowest BCUT2D eigenvalue weighted by molar-refractivity contribution is -0.137. The van der Waals surface area contributed by atoms with Gasteiger partial charge in [-0.15, -0.1) is 0 Å². The number of amides is 2. The molecule has 0 unspecified atom stereocenters. The second-order valence-corrected chi connectivity index (χ2v) is 10.5. The molecule has 5 heterocycles. The number of nitrogens with zero attached hydrogens (tertiary/aromatic N) is 3. The smallest absolute Gasteiger partial charge is 0.228 e. The number of hydrogen-bond acceptors (Lipinski definition) is 3. The van der Waals surface area contributed by atoms with Crippen LogP contribution >= 0.6 is 0 Å². The van der Waals surface area contributed by atoms with Gasteiger partial charge in [-0.2, -0.15) is 0 Å². The zero-order valence-electron chi connectivity index (χ0n) is 21.1. The van der Waals surface area contributed by atoms with Gasteiger partial charge in [0, 0.05) is 71.9 Å². The number of nitrogens with one attached hydrogen (secondary N) is 2. The van der Waals surface area contributed by atoms with Crippen molar-refractivity contribution in [3.05, 3.63) is 96.6 Å². The Morgan fingerprint density at radius 2 is 1.50 bits per heavy atom. The summed E-state index contributed by atoms with van der Waals surface area (Å²) in [6.45, 7) is 1.71. The zero-order chi connectivity index (χ0) is 25.7. The average Bonchev–Trinajstić information content (AvgIpc) is 3.70. The van der Waals surface area contributed by atoms with Crippen LogP contribution in [0.25, 0.3) is 21.8 Å². The number of carbonyl (C=O) groups is 2. The lowest BCUT2D eigenvalue weighted by atomic mass is 9.67. The summed E-state index contributed by atoms with van der Waals surface area (Å²) in [5, 5.41) is 2.46. The Bertz CT molecular complexity index is 1570. The Morgan fingerprint density at radius 3 is 2.11 bits per heavy atom. The van der Waals surface area contributed by atoms with Crippen LogP contribution in [0.3, 0.4) is 0 Å². The fourth-order valence-corrected chi connectivity index (χ4v) is 6.62. The molecule has 0 spiro atoms. The molecule has 190 valence electrons. The highest BCUT2D eigenvalue weighted by atomic mass is 16.2. The molecule has 7 rings (SSSR count). The fraction of sp³-hybridized carbons (Fsp3) is 0.258. The van der Waals surface area contributed by atoms with Gasteiger partial charge in [-0.1, -0.05) is 36.4 Å². The van der Waals surface area contributed by atoms with E-state index in [1.807, 2.05) is 17.0 Å². The lowest BCUT2D eigenvalue weighted by Gasteiger charge is -2.43. The molecule has 0 saturated carbocycles. The highest BCUT2D eigenvalue weighted by molar-refractivity contribution is 6.00. The molecule has 7 nitrogen and oxygen atoms in total. The molecule has 2 fully saturated rings. The van der Waals surface area contributed by atoms with Crippen molar-refractivity contribution in [3.8, 4) is 0 Å². The zero-order valence-corrected chi connectivity index (χ0v) is 21.1. The number of carbonyl (C=O) groups excluding carboxylic acids is 2. The minimum absolute atomic E-state index is 0.0136. The lowest BCUT2D eigenvalue weighted by Crippen LogP contribution is -2.47. The maximum atomic E-state index is 13.7. The van der Waals surface area contributed by atoms with Crippen molar-refractivity contribution in [1.82, 2.24) is 19.9 Å². The number of rotatable bonds is 4. The Balaban J connectivity index is 1.19. The van der Waals surface area contributed by atoms with E-state index in [-0.39, 0.29) is 29.6 Å². The predicted octanol–water partition coefficient (Wildman–Crippen LogP) is 5.01. The van der Waals surface area contributed by atoms with E-state index in [1.165, 1.54) is 21.9 Å². The third-order valence-corrected chi connectivity index (χ3v) is 8.57. The number of likely N-dealkylation sites (tertiary alicyclic amines) is 1. The first-order valence-corrected chi connectivity index (χ1v) is 13.3. The molecule has 2 N–H and O–H groups in total. The van der Waals surface area contributed by atoms with Crippen molar-refractivity contribution < 1.29 is 9.59 Å². The maximum Gasteiger partial charge on any atom is 0.228 e. The van der Waals surface area contributed by atoms with Crippen LogP contribution in [0.5, 0.6) is 0 Å². The van der Waals surface area contributed by atoms with E-state index >= 15 is 0 Å². The summed E-state index contributed by atoms with van der Waals surface area (Å²) in [6.07, 6.45) is 9.57. The summed E-state index contributed by atoms with van der Waals surface area (Å²) in [5.41, 5.74) is 5.33. The number of pyridine rings is 1. The highest BCUT2D eigenvalue weighted by Gasteiger charge is 2.44. The monoisotopic (exact) mass is 503 g/mol. The minimum Gasteiger partial charge on any atom is -0.361 e. The van der Waals surface area contributed by atoms with E-state index in [0.717, 1.165) is 29.6 Å². The number of aromatic amines is 2. The Morgan fingerprint density at radius 1 is 0.868 bits per heavy atom. The SMILES string of the molecule is O=C([C@@H]1CC(=O)N(c2cccnc2)C1)N1CCC(c2c[nH]c3ccccc23)(c2c[nH]c3ccccc23)CC1. The van der Waals surface area contributed by atoms with Gasteiger partial charge in [0.15, 0.2) is 0 Å². The molecule has 0 aliphatic carbocycles. The van der Waals surface area contributed by atoms with E-state index in [9.17, 15) is 9.59 Å². The van der Waals surface area contributed by atoms with Crippen LogP contribution in [0.15, 0.2) is 85.5 Å². The molecular weight excluding hydrogens is 474 g/mol. The number of piperidine rings is 1. The van der Waals surface area contributed by atoms with Gasteiger partial charge >= 0.3 is 0 Å². The number of H-pyrrole nitrogens is 2. The third kappa shape index (κ3) is 3.53. The predicted molar refractivity (Wildman–Crippen MR) is 148 cm³/mol. The van der Waals surface area contributed by atoms with E-state index in [2.05, 4.69) is 75.9 Å². The van der Waals surface area contributed by atoms with E-state index in [4.69, 9.17) is 0 Å². The van der Waals surface area contributed by atoms with Crippen molar-refractivity contribution >= 4 is 39.3 Å². The van der Waals surface area contributed by atoms with Gasteiger partial charge in [0.05, 0.1) is 17.8 Å². The molecule has 2 aliphatic rings. The van der Waals surface area contributed by atoms with Gasteiger partial charge in [0.25, 0.3) is 0 Å². The van der Waals surface area contributed by atoms with Crippen molar-refractivity contribution in [1.29, 1.82) is 0 Å². The molecule has 2 aliphatic heterocycles. The third-order valence-electron chi connectivity index (χ3n) is 8.57. The summed E-state index contributed by atoms with van der Waals surface area (Å²) >= 11 is 0. The van der Waals surface area contributed by atoms with Gasteiger partial charge in [0.2, 0.25) is 11.8 Å². The molecule has 7 heteroatoms. The van der Waals surface area contributed by atoms with Gasteiger partial charge < -0.3 is 19.8 Å². The summed E-state index contributed by atoms with van der Waals surface area (Å²) in [6, 6.07) is 20.6. The van der Waals surface area contributed by atoms with Crippen molar-refractivity contribution in [2.75, 3.05) is 24.5 Å². The largest absolute Gasteiger partial charge is 0.361 e. The van der Waals surface area contributed by atoms with Crippen molar-refractivity contribution in [2.24, 2.45) is 5.92 Å². The number of benzene rings is 2. The molecular formula is C31H29N5O2. The Labute approximate surface area is 220 Å². The second kappa shape index (κ2) is 8.87. The van der Waals surface area contributed by atoms with Gasteiger partial charge in [0.1, 0.15) is 0 Å². The summed E-state index contributed by atoms with van der Waals surface area (Å²) in [5.74, 6) is -0.257. The molecule has 2 amide bonds. The standard InChI is InChI=1S/C31H29N5O2/c37-29-16-21(20-36(29)22-6-5-13-32-17-22)30(38)35-14-11-31(12-15-35,25-18-33-27-9-3-1-7-23(25)27)26-19-34-28-10-4-2-8-24(26)28/h1-10,13,17-19,21,33-34H,11-12,14-16,20H2/t21-/m1/s1. The van der Waals surface area contributed by atoms with Gasteiger partial charge in [-0.3, -0.25) is 14.6 Å². The number of anilines is 1. The summed E-state index contributed by atoms with van der Waals surface area (Å²) in [7, 11) is 0. The van der Waals surface area contributed by atoms with Crippen molar-refractivity contribution in [2.45, 2.75) is 24.7 Å². The Kier molecular flexibility index (Phi) is 5.32. The molecule has 38 heavy (non-hydrogen) atoms. The first-order chi connectivity index (χ1) is 18.6. The number of fused-ring (bicyclic) bond motifs is 2. The quantitative estimate of drug-likeness (QED) is 0.362. The topological polar surface area (TPSA) is 85.1 Å². The number of para-hydroxylation sites is 2. The molecule has 2 saturated heterocycles. The number of aromatic nitrogens is 3. The van der Waals surface area contributed by atoms with Gasteiger partial charge in [-0.05, 0) is 48.2 Å². The van der Waals surface area contributed by atoms with E-state index < -0.39 is 0 Å². The first kappa shape index (κ1) is 22.8. The average molecular weight is 504 g/mol. The van der Waals surface area contributed by atoms with Crippen LogP contribution in [0.4, 0.5) is 5.69 Å². The molecule has 5 aromatic rings. The van der Waals surface area contributed by atoms with Crippen molar-refractivity contribution in [3.63, 3.8) is 0 Å². The maximum absolute atomic E-state index is 13.7. The highest BCUT2D eigenvalue weighted by Crippen LogP contribution is 2.47. The van der Waals surface area contributed by atoms with E-state index in [0.29, 0.717) is 19.6 Å². The fourth-order valence-electron chi connectivity index (χ4n) is 6.62. The van der Waals surface area contributed by atoms with Crippen LogP contribution in [0.2, 0.25) is 0 Å². The van der Waals surface area contributed by atoms with E-state index in [1.54, 1.807) is 17.3 Å². The molecule has 1 atom stereocenters. The van der Waals surface area contributed by atoms with Crippen LogP contribution in [0, 0.1) is 5.92 Å². The minimum atomic E-state index is -0.323. The summed E-state index contributed by atoms with van der Waals surface area (Å²) < 4.78 is 0. The van der Waals surface area contributed by atoms with Crippen LogP contribution in [0.1, 0.15) is 30.4 Å². The molecule has 0 radical (unpaired) electrons. The molecule has 2 aromatic carbocycles. The van der Waals surface area contributed by atoms with Crippen LogP contribution < -0.4 is 4.90 Å². The molecule has 3 aromatic heterocycles. The number of hydrogen-bond donors (Lipinski definition) is 2.